The number of nitrogens with zero attached hydrogens (tertiary/aromatic N) is 1. The molecule has 0 saturated carbocycles. The number of rotatable bonds is 7. The zero-order valence-corrected chi connectivity index (χ0v) is 23.0. The van der Waals surface area contributed by atoms with E-state index in [1.165, 1.54) is 33.0 Å². The molecule has 0 aromatic heterocycles. The number of amides is 2. The number of benzene rings is 3. The molecule has 5 rings (SSSR count). The number of allylic oxidation sites excluding steroid dienone is 2. The van der Waals surface area contributed by atoms with Gasteiger partial charge >= 0.3 is 11.9 Å². The topological polar surface area (TPSA) is 108 Å². The van der Waals surface area contributed by atoms with Crippen LogP contribution in [0.4, 0.5) is 5.69 Å². The van der Waals surface area contributed by atoms with Gasteiger partial charge in [0.15, 0.2) is 11.5 Å². The number of para-hydroxylation sites is 1. The highest BCUT2D eigenvalue weighted by molar-refractivity contribution is 6.23. The van der Waals surface area contributed by atoms with E-state index in [1.54, 1.807) is 78.9 Å². The molecule has 1 saturated heterocycles. The van der Waals surface area contributed by atoms with E-state index in [2.05, 4.69) is 0 Å². The molecule has 0 radical (unpaired) electrons. The van der Waals surface area contributed by atoms with Gasteiger partial charge in [0.1, 0.15) is 11.5 Å². The second kappa shape index (κ2) is 11.3. The molecule has 0 bridgehead atoms. The minimum Gasteiger partial charge on any atom is -0.497 e. The molecule has 1 aliphatic carbocycles. The van der Waals surface area contributed by atoms with Gasteiger partial charge in [-0.1, -0.05) is 42.5 Å². The van der Waals surface area contributed by atoms with Gasteiger partial charge in [0.25, 0.3) is 0 Å². The fourth-order valence-electron chi connectivity index (χ4n) is 5.76. The second-order valence-electron chi connectivity index (χ2n) is 9.82. The molecule has 4 atom stereocenters. The molecule has 0 N–H and O–H groups in total. The molecular formula is C32H29NO8. The van der Waals surface area contributed by atoms with Crippen LogP contribution in [0.25, 0.3) is 0 Å². The first-order valence-corrected chi connectivity index (χ1v) is 13.1. The van der Waals surface area contributed by atoms with Crippen molar-refractivity contribution in [1.29, 1.82) is 0 Å². The highest BCUT2D eigenvalue weighted by Crippen LogP contribution is 2.56. The molecule has 2 amide bonds. The van der Waals surface area contributed by atoms with Crippen molar-refractivity contribution < 1.29 is 38.1 Å². The van der Waals surface area contributed by atoms with Crippen LogP contribution >= 0.6 is 0 Å². The predicted molar refractivity (Wildman–Crippen MR) is 148 cm³/mol. The average molecular weight is 556 g/mol. The lowest BCUT2D eigenvalue weighted by Gasteiger charge is -2.38. The van der Waals surface area contributed by atoms with E-state index in [0.29, 0.717) is 28.3 Å². The third kappa shape index (κ3) is 5.06. The number of hydrogen-bond acceptors (Lipinski definition) is 8. The van der Waals surface area contributed by atoms with Gasteiger partial charge in [-0.2, -0.15) is 0 Å². The first-order chi connectivity index (χ1) is 19.7. The molecule has 3 aromatic rings. The third-order valence-corrected chi connectivity index (χ3v) is 7.40. The number of hydrogen-bond donors (Lipinski definition) is 0. The van der Waals surface area contributed by atoms with Gasteiger partial charge in [-0.05, 0) is 47.5 Å². The lowest BCUT2D eigenvalue weighted by atomic mass is 9.65. The number of carbonyl (C=O) groups is 4. The molecule has 210 valence electrons. The summed E-state index contributed by atoms with van der Waals surface area (Å²) < 4.78 is 22.2. The molecule has 41 heavy (non-hydrogen) atoms. The van der Waals surface area contributed by atoms with E-state index in [1.807, 2.05) is 0 Å². The van der Waals surface area contributed by atoms with Crippen molar-refractivity contribution in [2.45, 2.75) is 25.7 Å². The third-order valence-electron chi connectivity index (χ3n) is 7.40. The summed E-state index contributed by atoms with van der Waals surface area (Å²) in [5, 5.41) is 0. The van der Waals surface area contributed by atoms with Crippen LogP contribution in [0.2, 0.25) is 0 Å². The van der Waals surface area contributed by atoms with E-state index < -0.39 is 47.4 Å². The molecule has 0 spiro atoms. The number of carbonyl (C=O) groups excluding carboxylic acids is 4. The van der Waals surface area contributed by atoms with Gasteiger partial charge in [-0.25, -0.2) is 4.90 Å². The average Bonchev–Trinajstić information content (AvgIpc) is 3.22. The van der Waals surface area contributed by atoms with Crippen molar-refractivity contribution >= 4 is 29.4 Å². The molecule has 9 nitrogen and oxygen atoms in total. The minimum atomic E-state index is -0.975. The van der Waals surface area contributed by atoms with E-state index in [4.69, 9.17) is 18.9 Å². The first-order valence-electron chi connectivity index (χ1n) is 13.1. The van der Waals surface area contributed by atoms with E-state index in [0.717, 1.165) is 0 Å². The van der Waals surface area contributed by atoms with Crippen LogP contribution in [0.15, 0.2) is 90.4 Å². The van der Waals surface area contributed by atoms with Gasteiger partial charge in [0.2, 0.25) is 11.8 Å². The molecule has 1 aliphatic heterocycles. The van der Waals surface area contributed by atoms with Crippen molar-refractivity contribution in [3.63, 3.8) is 0 Å². The maximum Gasteiger partial charge on any atom is 0.307 e. The minimum absolute atomic E-state index is 0.0102. The van der Waals surface area contributed by atoms with E-state index >= 15 is 0 Å². The highest BCUT2D eigenvalue weighted by Gasteiger charge is 2.61. The molecule has 2 aliphatic rings. The Bertz CT molecular complexity index is 1420. The summed E-state index contributed by atoms with van der Waals surface area (Å²) in [6, 6.07) is 22.5. The number of imide groups is 1. The number of anilines is 1. The zero-order valence-electron chi connectivity index (χ0n) is 23.0. The number of fused-ring (bicyclic) bond motifs is 1. The Hall–Kier alpha value is -4.92. The SMILES string of the molecule is COc1ccc([C@H]2C(OC(C)=O)=C(OC(C)=O)[C@@H](c3ccc(OC)cc3)[C@H]3C(=O)N(c4ccccc4)C(=O)[C@H]32)cc1. The molecule has 1 fully saturated rings. The Kier molecular flexibility index (Phi) is 7.61. The van der Waals surface area contributed by atoms with Crippen LogP contribution in [0.1, 0.15) is 36.8 Å². The summed E-state index contributed by atoms with van der Waals surface area (Å²) in [7, 11) is 3.07. The van der Waals surface area contributed by atoms with E-state index in [9.17, 15) is 19.2 Å². The summed E-state index contributed by atoms with van der Waals surface area (Å²) in [6.07, 6.45) is 0. The van der Waals surface area contributed by atoms with Crippen LogP contribution in [0.5, 0.6) is 11.5 Å². The van der Waals surface area contributed by atoms with Gasteiger partial charge in [-0.3, -0.25) is 19.2 Å². The van der Waals surface area contributed by atoms with Crippen molar-refractivity contribution in [2.75, 3.05) is 19.1 Å². The smallest absolute Gasteiger partial charge is 0.307 e. The molecule has 1 heterocycles. The van der Waals surface area contributed by atoms with Crippen molar-refractivity contribution in [3.8, 4) is 11.5 Å². The quantitative estimate of drug-likeness (QED) is 0.304. The molecule has 9 heteroatoms. The molecule has 0 unspecified atom stereocenters. The maximum absolute atomic E-state index is 14.3. The van der Waals surface area contributed by atoms with Crippen molar-refractivity contribution in [2.24, 2.45) is 11.8 Å². The van der Waals surface area contributed by atoms with Crippen molar-refractivity contribution in [3.05, 3.63) is 102 Å². The first kappa shape index (κ1) is 27.6. The van der Waals surface area contributed by atoms with Gasteiger partial charge in [0, 0.05) is 13.8 Å². The van der Waals surface area contributed by atoms with Crippen LogP contribution in [0.3, 0.4) is 0 Å². The Labute approximate surface area is 237 Å². The van der Waals surface area contributed by atoms with Gasteiger partial charge in [-0.15, -0.1) is 0 Å². The summed E-state index contributed by atoms with van der Waals surface area (Å²) >= 11 is 0. The Balaban J connectivity index is 1.80. The monoisotopic (exact) mass is 555 g/mol. The number of ether oxygens (including phenoxy) is 4. The summed E-state index contributed by atoms with van der Waals surface area (Å²) in [5.41, 5.74) is 1.60. The maximum atomic E-state index is 14.3. The van der Waals surface area contributed by atoms with Gasteiger partial charge in [0.05, 0.1) is 43.6 Å². The van der Waals surface area contributed by atoms with Crippen molar-refractivity contribution in [1.82, 2.24) is 0 Å². The molecule has 3 aromatic carbocycles. The van der Waals surface area contributed by atoms with Crippen LogP contribution < -0.4 is 14.4 Å². The normalized spacial score (nSPS) is 21.8. The number of methoxy groups -OCH3 is 2. The lowest BCUT2D eigenvalue weighted by Crippen LogP contribution is -2.38. The van der Waals surface area contributed by atoms with Crippen LogP contribution in [-0.4, -0.2) is 38.0 Å². The second-order valence-corrected chi connectivity index (χ2v) is 9.82. The fraction of sp³-hybridized carbons (Fsp3) is 0.250. The standard InChI is InChI=1S/C32H29NO8/c1-18(34)40-29-25(20-10-14-23(38-3)15-11-20)27-28(32(37)33(31(27)36)22-8-6-5-7-9-22)26(30(29)41-19(2)35)21-12-16-24(39-4)17-13-21/h5-17,25-28H,1-4H3/t25-,26+,27+,28-. The fourth-order valence-corrected chi connectivity index (χ4v) is 5.76. The number of esters is 2. The Morgan fingerprint density at radius 3 is 1.34 bits per heavy atom. The predicted octanol–water partition coefficient (Wildman–Crippen LogP) is 4.73. The largest absolute Gasteiger partial charge is 0.497 e. The Morgan fingerprint density at radius 2 is 1.00 bits per heavy atom. The summed E-state index contributed by atoms with van der Waals surface area (Å²) in [6.45, 7) is 2.46. The van der Waals surface area contributed by atoms with E-state index in [-0.39, 0.29) is 11.5 Å². The molecular weight excluding hydrogens is 526 g/mol. The Morgan fingerprint density at radius 1 is 0.610 bits per heavy atom. The zero-order chi connectivity index (χ0) is 29.3. The highest BCUT2D eigenvalue weighted by atomic mass is 16.6. The summed E-state index contributed by atoms with van der Waals surface area (Å²) in [5.74, 6) is -4.81. The van der Waals surface area contributed by atoms with Crippen LogP contribution in [0, 0.1) is 11.8 Å². The van der Waals surface area contributed by atoms with Crippen LogP contribution in [-0.2, 0) is 28.7 Å². The lowest BCUT2D eigenvalue weighted by molar-refractivity contribution is -0.144. The van der Waals surface area contributed by atoms with Gasteiger partial charge < -0.3 is 18.9 Å². The summed E-state index contributed by atoms with van der Waals surface area (Å²) in [4.78, 5) is 54.7.